The molecule has 1 amide bonds. The molecule has 0 radical (unpaired) electrons. The van der Waals surface area contributed by atoms with Crippen LogP contribution in [0.1, 0.15) is 44.1 Å². The van der Waals surface area contributed by atoms with Gasteiger partial charge in [0.2, 0.25) is 5.91 Å². The molecule has 0 heterocycles. The number of anilines is 1. The number of aryl methyl sites for hydroxylation is 1. The summed E-state index contributed by atoms with van der Waals surface area (Å²) in [5, 5.41) is 3.17. The van der Waals surface area contributed by atoms with Gasteiger partial charge in [0, 0.05) is 32.2 Å². The van der Waals surface area contributed by atoms with Crippen molar-refractivity contribution in [3.05, 3.63) is 29.8 Å². The normalized spacial score (nSPS) is 15.9. The van der Waals surface area contributed by atoms with Crippen molar-refractivity contribution in [1.29, 1.82) is 0 Å². The van der Waals surface area contributed by atoms with E-state index >= 15 is 0 Å². The summed E-state index contributed by atoms with van der Waals surface area (Å²) in [5.41, 5.74) is 2.43. The molecule has 110 valence electrons. The van der Waals surface area contributed by atoms with Gasteiger partial charge in [-0.1, -0.05) is 31.4 Å². The van der Waals surface area contributed by atoms with E-state index < -0.39 is 0 Å². The third-order valence-electron chi connectivity index (χ3n) is 4.06. The molecule has 3 heteroatoms. The first kappa shape index (κ1) is 14.9. The fourth-order valence-corrected chi connectivity index (χ4v) is 2.77. The highest BCUT2D eigenvalue weighted by atomic mass is 16.1. The number of hydrogen-bond acceptors (Lipinski definition) is 2. The smallest absolute Gasteiger partial charge is 0.220 e. The van der Waals surface area contributed by atoms with E-state index in [-0.39, 0.29) is 5.91 Å². The molecular formula is C17H26N2O. The molecule has 1 aliphatic rings. The number of nitrogens with one attached hydrogen (secondary N) is 1. The lowest BCUT2D eigenvalue weighted by atomic mass is 9.95. The monoisotopic (exact) mass is 274 g/mol. The minimum atomic E-state index is 0.202. The Morgan fingerprint density at radius 2 is 1.80 bits per heavy atom. The van der Waals surface area contributed by atoms with Crippen LogP contribution in [0, 0.1) is 0 Å². The number of benzene rings is 1. The van der Waals surface area contributed by atoms with Crippen molar-refractivity contribution in [3.8, 4) is 0 Å². The van der Waals surface area contributed by atoms with Gasteiger partial charge in [-0.3, -0.25) is 4.79 Å². The number of carbonyl (C=O) groups excluding carboxylic acids is 1. The summed E-state index contributed by atoms with van der Waals surface area (Å²) in [6, 6.07) is 8.86. The number of carbonyl (C=O) groups is 1. The van der Waals surface area contributed by atoms with Gasteiger partial charge in [0.05, 0.1) is 0 Å². The van der Waals surface area contributed by atoms with E-state index in [0.29, 0.717) is 12.5 Å². The van der Waals surface area contributed by atoms with Crippen LogP contribution in [0.3, 0.4) is 0 Å². The van der Waals surface area contributed by atoms with Crippen LogP contribution in [-0.4, -0.2) is 26.0 Å². The quantitative estimate of drug-likeness (QED) is 0.894. The molecule has 1 saturated carbocycles. The van der Waals surface area contributed by atoms with Crippen LogP contribution >= 0.6 is 0 Å². The molecule has 0 bridgehead atoms. The molecule has 1 N–H and O–H groups in total. The molecule has 0 spiro atoms. The zero-order valence-corrected chi connectivity index (χ0v) is 12.7. The van der Waals surface area contributed by atoms with Gasteiger partial charge in [0.1, 0.15) is 0 Å². The van der Waals surface area contributed by atoms with E-state index in [0.717, 1.165) is 19.3 Å². The van der Waals surface area contributed by atoms with E-state index in [1.807, 2.05) is 14.1 Å². The van der Waals surface area contributed by atoms with Gasteiger partial charge in [-0.15, -0.1) is 0 Å². The number of hydrogen-bond donors (Lipinski definition) is 1. The molecule has 0 aliphatic heterocycles. The van der Waals surface area contributed by atoms with Crippen molar-refractivity contribution < 1.29 is 4.79 Å². The van der Waals surface area contributed by atoms with E-state index in [1.165, 1.54) is 30.5 Å². The van der Waals surface area contributed by atoms with E-state index in [4.69, 9.17) is 0 Å². The van der Waals surface area contributed by atoms with Gasteiger partial charge >= 0.3 is 0 Å². The lowest BCUT2D eigenvalue weighted by Crippen LogP contribution is -2.36. The number of rotatable bonds is 5. The minimum Gasteiger partial charge on any atom is -0.378 e. The zero-order chi connectivity index (χ0) is 14.4. The van der Waals surface area contributed by atoms with Crippen molar-refractivity contribution in [2.24, 2.45) is 0 Å². The maximum absolute atomic E-state index is 11.9. The second-order valence-corrected chi connectivity index (χ2v) is 5.96. The molecule has 2 rings (SSSR count). The Morgan fingerprint density at radius 1 is 1.15 bits per heavy atom. The topological polar surface area (TPSA) is 32.3 Å². The van der Waals surface area contributed by atoms with E-state index in [1.54, 1.807) is 0 Å². The highest BCUT2D eigenvalue weighted by molar-refractivity contribution is 5.76. The molecule has 0 aromatic heterocycles. The Hall–Kier alpha value is -1.51. The molecule has 1 fully saturated rings. The molecule has 0 saturated heterocycles. The first-order chi connectivity index (χ1) is 9.65. The molecule has 0 unspecified atom stereocenters. The van der Waals surface area contributed by atoms with Crippen molar-refractivity contribution in [2.45, 2.75) is 51.0 Å². The summed E-state index contributed by atoms with van der Waals surface area (Å²) in [6.45, 7) is 0. The van der Waals surface area contributed by atoms with Crippen LogP contribution in [0.2, 0.25) is 0 Å². The Bertz CT molecular complexity index is 419. The van der Waals surface area contributed by atoms with Crippen LogP contribution in [-0.2, 0) is 11.2 Å². The van der Waals surface area contributed by atoms with Crippen LogP contribution in [0.25, 0.3) is 0 Å². The fourth-order valence-electron chi connectivity index (χ4n) is 2.77. The summed E-state index contributed by atoms with van der Waals surface area (Å²) in [4.78, 5) is 14.0. The summed E-state index contributed by atoms with van der Waals surface area (Å²) in [7, 11) is 4.07. The van der Waals surface area contributed by atoms with Gasteiger partial charge in [-0.2, -0.15) is 0 Å². The second-order valence-electron chi connectivity index (χ2n) is 5.96. The summed E-state index contributed by atoms with van der Waals surface area (Å²) >= 11 is 0. The van der Waals surface area contributed by atoms with Gasteiger partial charge in [0.25, 0.3) is 0 Å². The Kier molecular flexibility index (Phi) is 5.45. The summed E-state index contributed by atoms with van der Waals surface area (Å²) in [5.74, 6) is 0.202. The molecule has 20 heavy (non-hydrogen) atoms. The summed E-state index contributed by atoms with van der Waals surface area (Å²) < 4.78 is 0. The third-order valence-corrected chi connectivity index (χ3v) is 4.06. The zero-order valence-electron chi connectivity index (χ0n) is 12.7. The molecule has 0 atom stereocenters. The maximum atomic E-state index is 11.9. The second kappa shape index (κ2) is 7.32. The largest absolute Gasteiger partial charge is 0.378 e. The Balaban J connectivity index is 1.74. The third kappa shape index (κ3) is 4.55. The molecule has 1 aliphatic carbocycles. The van der Waals surface area contributed by atoms with Crippen molar-refractivity contribution in [1.82, 2.24) is 5.32 Å². The van der Waals surface area contributed by atoms with Crippen LogP contribution in [0.15, 0.2) is 24.3 Å². The molecule has 3 nitrogen and oxygen atoms in total. The lowest BCUT2D eigenvalue weighted by Gasteiger charge is -2.22. The minimum absolute atomic E-state index is 0.202. The number of nitrogens with zero attached hydrogens (tertiary/aromatic N) is 1. The van der Waals surface area contributed by atoms with Crippen LogP contribution in [0.4, 0.5) is 5.69 Å². The number of amides is 1. The lowest BCUT2D eigenvalue weighted by molar-refractivity contribution is -0.121. The van der Waals surface area contributed by atoms with Gasteiger partial charge in [-0.25, -0.2) is 0 Å². The van der Waals surface area contributed by atoms with Crippen molar-refractivity contribution in [3.63, 3.8) is 0 Å². The van der Waals surface area contributed by atoms with Gasteiger partial charge in [-0.05, 0) is 37.0 Å². The van der Waals surface area contributed by atoms with Crippen molar-refractivity contribution in [2.75, 3.05) is 19.0 Å². The average Bonchev–Trinajstić information content (AvgIpc) is 2.46. The van der Waals surface area contributed by atoms with Crippen molar-refractivity contribution >= 4 is 11.6 Å². The fraction of sp³-hybridized carbons (Fsp3) is 0.588. The van der Waals surface area contributed by atoms with E-state index in [2.05, 4.69) is 34.5 Å². The standard InChI is InChI=1S/C17H26N2O/c1-19(2)16-11-8-14(9-12-16)10-13-17(20)18-15-6-4-3-5-7-15/h8-9,11-12,15H,3-7,10,13H2,1-2H3,(H,18,20). The molecule has 1 aromatic carbocycles. The highest BCUT2D eigenvalue weighted by Crippen LogP contribution is 2.18. The molecule has 1 aromatic rings. The van der Waals surface area contributed by atoms with Crippen LogP contribution in [0.5, 0.6) is 0 Å². The predicted molar refractivity (Wildman–Crippen MR) is 84.1 cm³/mol. The predicted octanol–water partition coefficient (Wildman–Crippen LogP) is 3.13. The maximum Gasteiger partial charge on any atom is 0.220 e. The Labute approximate surface area is 122 Å². The summed E-state index contributed by atoms with van der Waals surface area (Å²) in [6.07, 6.45) is 7.58. The SMILES string of the molecule is CN(C)c1ccc(CCC(=O)NC2CCCCC2)cc1. The first-order valence-electron chi connectivity index (χ1n) is 7.71. The molecular weight excluding hydrogens is 248 g/mol. The van der Waals surface area contributed by atoms with E-state index in [9.17, 15) is 4.79 Å². The highest BCUT2D eigenvalue weighted by Gasteiger charge is 2.15. The first-order valence-corrected chi connectivity index (χ1v) is 7.71. The van der Waals surface area contributed by atoms with Crippen LogP contribution < -0.4 is 10.2 Å². The Morgan fingerprint density at radius 3 is 2.40 bits per heavy atom. The van der Waals surface area contributed by atoms with Gasteiger partial charge < -0.3 is 10.2 Å². The van der Waals surface area contributed by atoms with Gasteiger partial charge in [0.15, 0.2) is 0 Å². The average molecular weight is 274 g/mol.